The summed E-state index contributed by atoms with van der Waals surface area (Å²) in [6.45, 7) is 2.50. The van der Waals surface area contributed by atoms with Gasteiger partial charge in [-0.3, -0.25) is 0 Å². The third-order valence-corrected chi connectivity index (χ3v) is 2.86. The lowest BCUT2D eigenvalue weighted by molar-refractivity contribution is 0.642. The number of nitriles is 1. The molecule has 0 saturated heterocycles. The molecule has 3 N–H and O–H groups in total. The topological polar surface area (TPSA) is 74.7 Å². The van der Waals surface area contributed by atoms with Crippen LogP contribution in [0.1, 0.15) is 24.1 Å². The lowest BCUT2D eigenvalue weighted by Crippen LogP contribution is -2.31. The largest absolute Gasteiger partial charge is 0.366 e. The fourth-order valence-corrected chi connectivity index (χ4v) is 1.86. The molecule has 4 heteroatoms. The Morgan fingerprint density at radius 1 is 1.62 bits per heavy atom. The molecule has 0 spiro atoms. The third-order valence-electron chi connectivity index (χ3n) is 2.86. The van der Waals surface area contributed by atoms with Crippen LogP contribution < -0.4 is 11.1 Å². The van der Waals surface area contributed by atoms with Crippen LogP contribution in [0.5, 0.6) is 0 Å². The summed E-state index contributed by atoms with van der Waals surface area (Å²) in [4.78, 5) is 4.36. The maximum Gasteiger partial charge on any atom is 0.127 e. The number of pyridine rings is 1. The summed E-state index contributed by atoms with van der Waals surface area (Å²) in [5.41, 5.74) is 7.21. The molecule has 1 unspecified atom stereocenters. The zero-order chi connectivity index (χ0) is 11.5. The number of nitrogens with one attached hydrogen (secondary N) is 1. The zero-order valence-corrected chi connectivity index (χ0v) is 9.40. The van der Waals surface area contributed by atoms with Gasteiger partial charge in [-0.1, -0.05) is 0 Å². The van der Waals surface area contributed by atoms with E-state index in [2.05, 4.69) is 16.4 Å². The van der Waals surface area contributed by atoms with Crippen LogP contribution in [0.4, 0.5) is 5.82 Å². The highest BCUT2D eigenvalue weighted by atomic mass is 15.0. The van der Waals surface area contributed by atoms with Crippen molar-refractivity contribution in [2.45, 2.75) is 25.8 Å². The van der Waals surface area contributed by atoms with E-state index in [1.54, 1.807) is 12.1 Å². The molecule has 4 nitrogen and oxygen atoms in total. The molecule has 1 fully saturated rings. The lowest BCUT2D eigenvalue weighted by atomic mass is 10.2. The third kappa shape index (κ3) is 2.50. The van der Waals surface area contributed by atoms with Gasteiger partial charge in [0.1, 0.15) is 5.82 Å². The number of nitrogens with two attached hydrogens (primary N) is 1. The van der Waals surface area contributed by atoms with Gasteiger partial charge in [0, 0.05) is 18.3 Å². The van der Waals surface area contributed by atoms with E-state index < -0.39 is 0 Å². The quantitative estimate of drug-likeness (QED) is 0.798. The average molecular weight is 216 g/mol. The van der Waals surface area contributed by atoms with Crippen LogP contribution in [0.25, 0.3) is 0 Å². The molecule has 1 heterocycles. The molecule has 0 bridgehead atoms. The predicted octanol–water partition coefficient (Wildman–Crippen LogP) is 1.41. The number of anilines is 1. The first-order valence-electron chi connectivity index (χ1n) is 5.58. The van der Waals surface area contributed by atoms with Crippen molar-refractivity contribution in [3.05, 3.63) is 23.4 Å². The molecular formula is C12H16N4. The Hall–Kier alpha value is -1.60. The highest BCUT2D eigenvalue weighted by molar-refractivity contribution is 5.45. The summed E-state index contributed by atoms with van der Waals surface area (Å²) >= 11 is 0. The van der Waals surface area contributed by atoms with E-state index in [1.165, 1.54) is 12.8 Å². The molecule has 0 aromatic carbocycles. The van der Waals surface area contributed by atoms with Gasteiger partial charge < -0.3 is 11.1 Å². The predicted molar refractivity (Wildman–Crippen MR) is 62.9 cm³/mol. The van der Waals surface area contributed by atoms with Crippen molar-refractivity contribution in [3.63, 3.8) is 0 Å². The van der Waals surface area contributed by atoms with Gasteiger partial charge >= 0.3 is 0 Å². The summed E-state index contributed by atoms with van der Waals surface area (Å²) in [5.74, 6) is 1.44. The number of nitrogens with zero attached hydrogens (tertiary/aromatic N) is 2. The average Bonchev–Trinajstić information content (AvgIpc) is 3.09. The first-order valence-corrected chi connectivity index (χ1v) is 5.58. The first-order chi connectivity index (χ1) is 7.72. The molecule has 0 radical (unpaired) electrons. The van der Waals surface area contributed by atoms with Crippen LogP contribution in [0.2, 0.25) is 0 Å². The SMILES string of the molecule is Cc1cc(C#N)cc(NC(CN)C2CC2)n1. The number of rotatable bonds is 4. The zero-order valence-electron chi connectivity index (χ0n) is 9.40. The van der Waals surface area contributed by atoms with E-state index in [9.17, 15) is 0 Å². The molecule has 1 saturated carbocycles. The second kappa shape index (κ2) is 4.50. The number of hydrogen-bond donors (Lipinski definition) is 2. The van der Waals surface area contributed by atoms with Gasteiger partial charge in [-0.05, 0) is 37.8 Å². The van der Waals surface area contributed by atoms with Crippen molar-refractivity contribution in [2.75, 3.05) is 11.9 Å². The monoisotopic (exact) mass is 216 g/mol. The number of hydrogen-bond acceptors (Lipinski definition) is 4. The molecule has 1 aromatic rings. The molecule has 1 atom stereocenters. The van der Waals surface area contributed by atoms with E-state index in [-0.39, 0.29) is 0 Å². The van der Waals surface area contributed by atoms with E-state index in [0.717, 1.165) is 11.5 Å². The standard InChI is InChI=1S/C12H16N4/c1-8-4-9(6-13)5-12(15-8)16-11(7-14)10-2-3-10/h4-5,10-11H,2-3,7,14H2,1H3,(H,15,16). The van der Waals surface area contributed by atoms with Gasteiger partial charge in [0.2, 0.25) is 0 Å². The minimum atomic E-state index is 0.292. The molecule has 1 aromatic heterocycles. The van der Waals surface area contributed by atoms with Gasteiger partial charge in [-0.2, -0.15) is 5.26 Å². The maximum atomic E-state index is 8.87. The second-order valence-corrected chi connectivity index (χ2v) is 4.32. The Kier molecular flexibility index (Phi) is 3.07. The minimum Gasteiger partial charge on any atom is -0.366 e. The highest BCUT2D eigenvalue weighted by Crippen LogP contribution is 2.33. The Labute approximate surface area is 95.5 Å². The van der Waals surface area contributed by atoms with Crippen molar-refractivity contribution < 1.29 is 0 Å². The van der Waals surface area contributed by atoms with Gasteiger partial charge in [0.05, 0.1) is 11.6 Å². The van der Waals surface area contributed by atoms with E-state index in [1.807, 2.05) is 6.92 Å². The van der Waals surface area contributed by atoms with Crippen molar-refractivity contribution in [2.24, 2.45) is 11.7 Å². The maximum absolute atomic E-state index is 8.87. The van der Waals surface area contributed by atoms with Gasteiger partial charge in [0.15, 0.2) is 0 Å². The van der Waals surface area contributed by atoms with Gasteiger partial charge in [0.25, 0.3) is 0 Å². The van der Waals surface area contributed by atoms with Crippen LogP contribution in [0.3, 0.4) is 0 Å². The fourth-order valence-electron chi connectivity index (χ4n) is 1.86. The van der Waals surface area contributed by atoms with Crippen LogP contribution in [-0.2, 0) is 0 Å². The van der Waals surface area contributed by atoms with E-state index in [0.29, 0.717) is 24.1 Å². The Morgan fingerprint density at radius 3 is 2.94 bits per heavy atom. The molecule has 0 amide bonds. The molecule has 1 aliphatic carbocycles. The lowest BCUT2D eigenvalue weighted by Gasteiger charge is -2.17. The van der Waals surface area contributed by atoms with Crippen LogP contribution in [-0.4, -0.2) is 17.6 Å². The molecule has 1 aliphatic rings. The fraction of sp³-hybridized carbons (Fsp3) is 0.500. The number of aromatic nitrogens is 1. The van der Waals surface area contributed by atoms with Gasteiger partial charge in [-0.15, -0.1) is 0 Å². The molecule has 2 rings (SSSR count). The Bertz CT molecular complexity index is 418. The second-order valence-electron chi connectivity index (χ2n) is 4.32. The normalized spacial score (nSPS) is 16.6. The van der Waals surface area contributed by atoms with Crippen LogP contribution >= 0.6 is 0 Å². The molecule has 16 heavy (non-hydrogen) atoms. The smallest absolute Gasteiger partial charge is 0.127 e. The van der Waals surface area contributed by atoms with Crippen molar-refractivity contribution in [3.8, 4) is 6.07 Å². The molecular weight excluding hydrogens is 200 g/mol. The van der Waals surface area contributed by atoms with Crippen molar-refractivity contribution >= 4 is 5.82 Å². The Balaban J connectivity index is 2.13. The summed E-state index contributed by atoms with van der Waals surface area (Å²) in [7, 11) is 0. The Morgan fingerprint density at radius 2 is 2.38 bits per heavy atom. The minimum absolute atomic E-state index is 0.292. The van der Waals surface area contributed by atoms with Crippen LogP contribution in [0.15, 0.2) is 12.1 Å². The highest BCUT2D eigenvalue weighted by Gasteiger charge is 2.30. The van der Waals surface area contributed by atoms with Crippen molar-refractivity contribution in [1.29, 1.82) is 5.26 Å². The molecule has 84 valence electrons. The summed E-state index contributed by atoms with van der Waals surface area (Å²) < 4.78 is 0. The molecule has 0 aliphatic heterocycles. The van der Waals surface area contributed by atoms with Crippen LogP contribution in [0, 0.1) is 24.2 Å². The van der Waals surface area contributed by atoms with E-state index in [4.69, 9.17) is 11.0 Å². The summed E-state index contributed by atoms with van der Waals surface area (Å²) in [6, 6.07) is 5.98. The van der Waals surface area contributed by atoms with Gasteiger partial charge in [-0.25, -0.2) is 4.98 Å². The van der Waals surface area contributed by atoms with Crippen molar-refractivity contribution in [1.82, 2.24) is 4.98 Å². The van der Waals surface area contributed by atoms with E-state index >= 15 is 0 Å². The number of aryl methyl sites for hydroxylation is 1. The summed E-state index contributed by atoms with van der Waals surface area (Å²) in [6.07, 6.45) is 2.48. The first kappa shape index (κ1) is 10.9. The summed E-state index contributed by atoms with van der Waals surface area (Å²) in [5, 5.41) is 12.2.